The molecule has 1 aromatic heterocycles. The van der Waals surface area contributed by atoms with Crippen molar-refractivity contribution in [2.75, 3.05) is 57.3 Å². The molecule has 33 heavy (non-hydrogen) atoms. The van der Waals surface area contributed by atoms with Gasteiger partial charge in [-0.25, -0.2) is 4.98 Å². The second-order valence-electron chi connectivity index (χ2n) is 9.62. The average molecular weight is 446 g/mol. The predicted octanol–water partition coefficient (Wildman–Crippen LogP) is 4.23. The number of hydrogen-bond donors (Lipinski definition) is 1. The molecule has 174 valence electrons. The van der Waals surface area contributed by atoms with Crippen molar-refractivity contribution in [1.82, 2.24) is 19.8 Å². The van der Waals surface area contributed by atoms with Crippen LogP contribution < -0.4 is 4.90 Å². The SMILES string of the molecule is Cc1cc(-c2ccc3ncc(N4CCN(CCCN5CCCC5)CC4)nc3c2)cc(C)c1O. The first kappa shape index (κ1) is 22.1. The molecule has 1 N–H and O–H groups in total. The van der Waals surface area contributed by atoms with Gasteiger partial charge in [0.25, 0.3) is 0 Å². The third kappa shape index (κ3) is 4.97. The Kier molecular flexibility index (Phi) is 6.47. The molecule has 2 aromatic carbocycles. The molecule has 0 spiro atoms. The highest BCUT2D eigenvalue weighted by Gasteiger charge is 2.19. The number of aromatic nitrogens is 2. The fraction of sp³-hybridized carbons (Fsp3) is 0.481. The number of phenolic OH excluding ortho intramolecular Hbond substituents is 1. The second-order valence-corrected chi connectivity index (χ2v) is 9.62. The zero-order valence-electron chi connectivity index (χ0n) is 19.9. The summed E-state index contributed by atoms with van der Waals surface area (Å²) in [5.41, 5.74) is 5.81. The molecule has 6 heteroatoms. The maximum absolute atomic E-state index is 10.1. The Morgan fingerprint density at radius 1 is 0.788 bits per heavy atom. The lowest BCUT2D eigenvalue weighted by atomic mass is 9.99. The topological polar surface area (TPSA) is 55.7 Å². The Hall–Kier alpha value is -2.70. The van der Waals surface area contributed by atoms with Crippen molar-refractivity contribution in [2.45, 2.75) is 33.1 Å². The number of anilines is 1. The Bertz CT molecular complexity index is 1090. The first-order valence-electron chi connectivity index (χ1n) is 12.3. The van der Waals surface area contributed by atoms with E-state index in [0.717, 1.165) is 65.3 Å². The highest BCUT2D eigenvalue weighted by Crippen LogP contribution is 2.30. The molecule has 6 nitrogen and oxygen atoms in total. The van der Waals surface area contributed by atoms with Gasteiger partial charge in [-0.05, 0) is 106 Å². The smallest absolute Gasteiger partial charge is 0.147 e. The monoisotopic (exact) mass is 445 g/mol. The molecular formula is C27H35N5O. The molecule has 0 saturated carbocycles. The molecule has 0 unspecified atom stereocenters. The van der Waals surface area contributed by atoms with Crippen molar-refractivity contribution in [3.8, 4) is 16.9 Å². The summed E-state index contributed by atoms with van der Waals surface area (Å²) in [6.07, 6.45) is 5.94. The van der Waals surface area contributed by atoms with E-state index in [-0.39, 0.29) is 0 Å². The van der Waals surface area contributed by atoms with E-state index in [9.17, 15) is 5.11 Å². The summed E-state index contributed by atoms with van der Waals surface area (Å²) in [4.78, 5) is 17.2. The number of piperazine rings is 1. The van der Waals surface area contributed by atoms with Crippen molar-refractivity contribution in [1.29, 1.82) is 0 Å². The fourth-order valence-electron chi connectivity index (χ4n) is 5.18. The molecule has 0 bridgehead atoms. The van der Waals surface area contributed by atoms with Crippen LogP contribution in [0, 0.1) is 13.8 Å². The fourth-order valence-corrected chi connectivity index (χ4v) is 5.18. The Labute approximate surface area is 196 Å². The number of rotatable bonds is 6. The summed E-state index contributed by atoms with van der Waals surface area (Å²) in [7, 11) is 0. The minimum Gasteiger partial charge on any atom is -0.507 e. The Morgan fingerprint density at radius 3 is 2.15 bits per heavy atom. The van der Waals surface area contributed by atoms with Crippen molar-refractivity contribution >= 4 is 16.9 Å². The van der Waals surface area contributed by atoms with Gasteiger partial charge in [-0.2, -0.15) is 0 Å². The highest BCUT2D eigenvalue weighted by atomic mass is 16.3. The van der Waals surface area contributed by atoms with Crippen LogP contribution in [0.1, 0.15) is 30.4 Å². The van der Waals surface area contributed by atoms with E-state index >= 15 is 0 Å². The van der Waals surface area contributed by atoms with Gasteiger partial charge in [0.1, 0.15) is 11.6 Å². The van der Waals surface area contributed by atoms with Gasteiger partial charge < -0.3 is 14.9 Å². The molecule has 0 radical (unpaired) electrons. The van der Waals surface area contributed by atoms with E-state index in [2.05, 4.69) is 31.8 Å². The number of nitrogens with zero attached hydrogens (tertiary/aromatic N) is 5. The molecule has 3 aromatic rings. The van der Waals surface area contributed by atoms with Crippen LogP contribution in [-0.2, 0) is 0 Å². The molecule has 2 saturated heterocycles. The summed E-state index contributed by atoms with van der Waals surface area (Å²) in [5.74, 6) is 1.34. The van der Waals surface area contributed by atoms with E-state index in [0.29, 0.717) is 5.75 Å². The van der Waals surface area contributed by atoms with Crippen LogP contribution in [0.2, 0.25) is 0 Å². The minimum absolute atomic E-state index is 0.372. The Balaban J connectivity index is 1.24. The molecule has 2 aliphatic rings. The van der Waals surface area contributed by atoms with Gasteiger partial charge in [0.15, 0.2) is 0 Å². The van der Waals surface area contributed by atoms with E-state index in [1.807, 2.05) is 38.2 Å². The van der Waals surface area contributed by atoms with Crippen molar-refractivity contribution in [3.05, 3.63) is 47.7 Å². The van der Waals surface area contributed by atoms with E-state index in [1.54, 1.807) is 0 Å². The minimum atomic E-state index is 0.372. The number of aryl methyl sites for hydroxylation is 2. The van der Waals surface area contributed by atoms with E-state index in [1.165, 1.54) is 45.4 Å². The molecule has 2 aliphatic heterocycles. The zero-order chi connectivity index (χ0) is 22.8. The van der Waals surface area contributed by atoms with E-state index < -0.39 is 0 Å². The molecule has 2 fully saturated rings. The summed E-state index contributed by atoms with van der Waals surface area (Å²) >= 11 is 0. The molecule has 0 atom stereocenters. The number of aromatic hydroxyl groups is 1. The summed E-state index contributed by atoms with van der Waals surface area (Å²) in [6.45, 7) is 13.1. The predicted molar refractivity (Wildman–Crippen MR) is 135 cm³/mol. The second kappa shape index (κ2) is 9.65. The van der Waals surface area contributed by atoms with Crippen LogP contribution in [0.15, 0.2) is 36.5 Å². The number of phenols is 1. The normalized spacial score (nSPS) is 17.8. The van der Waals surface area contributed by atoms with Crippen LogP contribution in [0.5, 0.6) is 5.75 Å². The first-order valence-corrected chi connectivity index (χ1v) is 12.3. The molecule has 5 rings (SSSR count). The van der Waals surface area contributed by atoms with E-state index in [4.69, 9.17) is 4.98 Å². The highest BCUT2D eigenvalue weighted by molar-refractivity contribution is 5.82. The van der Waals surface area contributed by atoms with Gasteiger partial charge >= 0.3 is 0 Å². The zero-order valence-corrected chi connectivity index (χ0v) is 19.9. The summed E-state index contributed by atoms with van der Waals surface area (Å²) < 4.78 is 0. The molecule has 0 aliphatic carbocycles. The molecule has 0 amide bonds. The number of likely N-dealkylation sites (tertiary alicyclic amines) is 1. The lowest BCUT2D eigenvalue weighted by molar-refractivity contribution is 0.234. The molecular weight excluding hydrogens is 410 g/mol. The maximum atomic E-state index is 10.1. The van der Waals surface area contributed by atoms with Gasteiger partial charge in [-0.15, -0.1) is 0 Å². The van der Waals surface area contributed by atoms with Crippen LogP contribution in [-0.4, -0.2) is 77.2 Å². The Morgan fingerprint density at radius 2 is 1.45 bits per heavy atom. The van der Waals surface area contributed by atoms with Gasteiger partial charge in [0.05, 0.1) is 17.2 Å². The largest absolute Gasteiger partial charge is 0.507 e. The van der Waals surface area contributed by atoms with Crippen LogP contribution in [0.3, 0.4) is 0 Å². The molecule has 3 heterocycles. The standard InChI is InChI=1S/C27H35N5O/c1-20-16-23(17-21(2)27(20)33)22-6-7-24-25(18-22)29-26(19-28-24)32-14-12-31(13-15-32)11-5-10-30-8-3-4-9-30/h6-7,16-19,33H,3-5,8-15H2,1-2H3. The van der Waals surface area contributed by atoms with Gasteiger partial charge in [-0.1, -0.05) is 6.07 Å². The third-order valence-corrected chi connectivity index (χ3v) is 7.20. The van der Waals surface area contributed by atoms with Crippen LogP contribution in [0.4, 0.5) is 5.82 Å². The van der Waals surface area contributed by atoms with Crippen molar-refractivity contribution < 1.29 is 5.11 Å². The summed E-state index contributed by atoms with van der Waals surface area (Å²) in [6, 6.07) is 10.3. The summed E-state index contributed by atoms with van der Waals surface area (Å²) in [5, 5.41) is 10.1. The quantitative estimate of drug-likeness (QED) is 0.613. The maximum Gasteiger partial charge on any atom is 0.147 e. The number of benzene rings is 2. The third-order valence-electron chi connectivity index (χ3n) is 7.20. The van der Waals surface area contributed by atoms with Crippen molar-refractivity contribution in [3.63, 3.8) is 0 Å². The van der Waals surface area contributed by atoms with Crippen LogP contribution >= 0.6 is 0 Å². The van der Waals surface area contributed by atoms with Gasteiger partial charge in [-0.3, -0.25) is 9.88 Å². The van der Waals surface area contributed by atoms with Crippen LogP contribution in [0.25, 0.3) is 22.2 Å². The van der Waals surface area contributed by atoms with Gasteiger partial charge in [0, 0.05) is 26.2 Å². The lowest BCUT2D eigenvalue weighted by Gasteiger charge is -2.35. The van der Waals surface area contributed by atoms with Gasteiger partial charge in [0.2, 0.25) is 0 Å². The average Bonchev–Trinajstić information content (AvgIpc) is 3.35. The lowest BCUT2D eigenvalue weighted by Crippen LogP contribution is -2.47. The van der Waals surface area contributed by atoms with Crippen molar-refractivity contribution in [2.24, 2.45) is 0 Å². The number of fused-ring (bicyclic) bond motifs is 1. The first-order chi connectivity index (χ1) is 16.1. The number of hydrogen-bond acceptors (Lipinski definition) is 6.